The van der Waals surface area contributed by atoms with Gasteiger partial charge < -0.3 is 15.4 Å². The summed E-state index contributed by atoms with van der Waals surface area (Å²) in [5, 5.41) is 0. The van der Waals surface area contributed by atoms with Crippen LogP contribution in [0.1, 0.15) is 40.0 Å². The zero-order valence-electron chi connectivity index (χ0n) is 11.2. The third-order valence-electron chi connectivity index (χ3n) is 3.39. The molecule has 0 spiro atoms. The Morgan fingerprint density at radius 2 is 2.12 bits per heavy atom. The highest BCUT2D eigenvalue weighted by atomic mass is 16.5. The van der Waals surface area contributed by atoms with Crippen LogP contribution in [0.3, 0.4) is 0 Å². The second-order valence-corrected chi connectivity index (χ2v) is 5.68. The Balaban J connectivity index is 2.35. The number of ether oxygens (including phenoxy) is 1. The first kappa shape index (κ1) is 13.9. The minimum atomic E-state index is 0.213. The molecule has 1 heterocycles. The van der Waals surface area contributed by atoms with Crippen molar-refractivity contribution in [1.82, 2.24) is 4.90 Å². The summed E-state index contributed by atoms with van der Waals surface area (Å²) in [6.07, 6.45) is 4.22. The van der Waals surface area contributed by atoms with Crippen molar-refractivity contribution in [2.75, 3.05) is 32.8 Å². The third kappa shape index (κ3) is 4.81. The van der Waals surface area contributed by atoms with Gasteiger partial charge in [0.15, 0.2) is 0 Å². The number of likely N-dealkylation sites (N-methyl/N-ethyl adjacent to an activating group) is 1. The second-order valence-electron chi connectivity index (χ2n) is 5.68. The van der Waals surface area contributed by atoms with Gasteiger partial charge in [-0.2, -0.15) is 0 Å². The quantitative estimate of drug-likeness (QED) is 0.754. The highest BCUT2D eigenvalue weighted by Gasteiger charge is 2.22. The molecule has 0 radical (unpaired) electrons. The molecule has 96 valence electrons. The summed E-state index contributed by atoms with van der Waals surface area (Å²) in [6.45, 7) is 11.6. The van der Waals surface area contributed by atoms with Gasteiger partial charge in [-0.1, -0.05) is 20.8 Å². The summed E-state index contributed by atoms with van der Waals surface area (Å²) in [7, 11) is 0. The van der Waals surface area contributed by atoms with Crippen LogP contribution in [0.5, 0.6) is 0 Å². The van der Waals surface area contributed by atoms with Gasteiger partial charge in [-0.05, 0) is 37.8 Å². The Hall–Kier alpha value is -0.120. The smallest absolute Gasteiger partial charge is 0.0702 e. The van der Waals surface area contributed by atoms with E-state index in [1.165, 1.54) is 19.3 Å². The summed E-state index contributed by atoms with van der Waals surface area (Å²) in [6, 6.07) is 0. The zero-order chi connectivity index (χ0) is 12.0. The fourth-order valence-electron chi connectivity index (χ4n) is 2.21. The summed E-state index contributed by atoms with van der Waals surface area (Å²) >= 11 is 0. The van der Waals surface area contributed by atoms with Gasteiger partial charge in [0.25, 0.3) is 0 Å². The van der Waals surface area contributed by atoms with Crippen molar-refractivity contribution >= 4 is 0 Å². The van der Waals surface area contributed by atoms with E-state index < -0.39 is 0 Å². The lowest BCUT2D eigenvalue weighted by molar-refractivity contribution is -0.0100. The summed E-state index contributed by atoms with van der Waals surface area (Å²) in [4.78, 5) is 2.48. The van der Waals surface area contributed by atoms with E-state index in [9.17, 15) is 0 Å². The molecule has 0 aromatic heterocycles. The lowest BCUT2D eigenvalue weighted by Crippen LogP contribution is -2.43. The Morgan fingerprint density at radius 1 is 1.38 bits per heavy atom. The van der Waals surface area contributed by atoms with Crippen molar-refractivity contribution in [3.05, 3.63) is 0 Å². The summed E-state index contributed by atoms with van der Waals surface area (Å²) < 4.78 is 5.79. The normalized spacial score (nSPS) is 22.7. The number of nitrogens with two attached hydrogens (primary N) is 1. The Bertz CT molecular complexity index is 188. The van der Waals surface area contributed by atoms with Crippen molar-refractivity contribution < 1.29 is 4.74 Å². The Labute approximate surface area is 100 Å². The van der Waals surface area contributed by atoms with E-state index in [1.54, 1.807) is 0 Å². The maximum Gasteiger partial charge on any atom is 0.0702 e. The first-order valence-corrected chi connectivity index (χ1v) is 6.61. The topological polar surface area (TPSA) is 38.5 Å². The van der Waals surface area contributed by atoms with Crippen LogP contribution in [0.15, 0.2) is 0 Å². The maximum absolute atomic E-state index is 5.79. The molecule has 2 N–H and O–H groups in total. The average molecular weight is 228 g/mol. The minimum Gasteiger partial charge on any atom is -0.377 e. The van der Waals surface area contributed by atoms with Crippen LogP contribution in [-0.4, -0.2) is 43.8 Å². The SMILES string of the molecule is CCN(CC1CCCCO1)CC(C)(C)CN. The van der Waals surface area contributed by atoms with Gasteiger partial charge in [0.05, 0.1) is 6.10 Å². The molecule has 0 aromatic rings. The molecular weight excluding hydrogens is 200 g/mol. The second kappa shape index (κ2) is 6.58. The van der Waals surface area contributed by atoms with Crippen molar-refractivity contribution in [3.8, 4) is 0 Å². The average Bonchev–Trinajstić information content (AvgIpc) is 2.29. The lowest BCUT2D eigenvalue weighted by Gasteiger charge is -2.34. The summed E-state index contributed by atoms with van der Waals surface area (Å²) in [5.74, 6) is 0. The fourth-order valence-corrected chi connectivity index (χ4v) is 2.21. The van der Waals surface area contributed by atoms with E-state index in [-0.39, 0.29) is 5.41 Å². The van der Waals surface area contributed by atoms with Crippen LogP contribution in [0.25, 0.3) is 0 Å². The molecule has 0 amide bonds. The van der Waals surface area contributed by atoms with Gasteiger partial charge in [0.1, 0.15) is 0 Å². The number of hydrogen-bond donors (Lipinski definition) is 1. The molecule has 0 aromatic carbocycles. The highest BCUT2D eigenvalue weighted by Crippen LogP contribution is 2.18. The first-order valence-electron chi connectivity index (χ1n) is 6.61. The van der Waals surface area contributed by atoms with Gasteiger partial charge >= 0.3 is 0 Å². The molecule has 1 aliphatic heterocycles. The molecule has 3 heteroatoms. The van der Waals surface area contributed by atoms with Crippen molar-refractivity contribution in [2.45, 2.75) is 46.1 Å². The zero-order valence-corrected chi connectivity index (χ0v) is 11.2. The van der Waals surface area contributed by atoms with Crippen molar-refractivity contribution in [2.24, 2.45) is 11.1 Å². The van der Waals surface area contributed by atoms with Gasteiger partial charge in [-0.15, -0.1) is 0 Å². The van der Waals surface area contributed by atoms with Crippen LogP contribution in [-0.2, 0) is 4.74 Å². The van der Waals surface area contributed by atoms with E-state index in [0.29, 0.717) is 6.10 Å². The molecule has 0 bridgehead atoms. The number of nitrogens with zero attached hydrogens (tertiary/aromatic N) is 1. The van der Waals surface area contributed by atoms with E-state index in [0.717, 1.165) is 32.8 Å². The van der Waals surface area contributed by atoms with E-state index >= 15 is 0 Å². The van der Waals surface area contributed by atoms with Crippen LogP contribution >= 0.6 is 0 Å². The van der Waals surface area contributed by atoms with E-state index in [4.69, 9.17) is 10.5 Å². The van der Waals surface area contributed by atoms with Crippen LogP contribution in [0, 0.1) is 5.41 Å². The van der Waals surface area contributed by atoms with Crippen LogP contribution < -0.4 is 5.73 Å². The van der Waals surface area contributed by atoms with Gasteiger partial charge in [-0.25, -0.2) is 0 Å². The molecule has 16 heavy (non-hydrogen) atoms. The van der Waals surface area contributed by atoms with Gasteiger partial charge in [-0.3, -0.25) is 0 Å². The summed E-state index contributed by atoms with van der Waals surface area (Å²) in [5.41, 5.74) is 6.00. The molecular formula is C13H28N2O. The third-order valence-corrected chi connectivity index (χ3v) is 3.39. The Morgan fingerprint density at radius 3 is 2.62 bits per heavy atom. The molecule has 1 atom stereocenters. The van der Waals surface area contributed by atoms with Crippen molar-refractivity contribution in [1.29, 1.82) is 0 Å². The largest absolute Gasteiger partial charge is 0.377 e. The van der Waals surface area contributed by atoms with Crippen LogP contribution in [0.4, 0.5) is 0 Å². The molecule has 1 aliphatic rings. The van der Waals surface area contributed by atoms with E-state index in [2.05, 4.69) is 25.7 Å². The molecule has 0 saturated carbocycles. The number of hydrogen-bond acceptors (Lipinski definition) is 3. The fraction of sp³-hybridized carbons (Fsp3) is 1.00. The van der Waals surface area contributed by atoms with Crippen molar-refractivity contribution in [3.63, 3.8) is 0 Å². The minimum absolute atomic E-state index is 0.213. The monoisotopic (exact) mass is 228 g/mol. The maximum atomic E-state index is 5.79. The highest BCUT2D eigenvalue weighted by molar-refractivity contribution is 4.77. The van der Waals surface area contributed by atoms with Gasteiger partial charge in [0, 0.05) is 19.7 Å². The Kier molecular flexibility index (Phi) is 5.73. The molecule has 3 nitrogen and oxygen atoms in total. The predicted molar refractivity (Wildman–Crippen MR) is 68.5 cm³/mol. The standard InChI is InChI=1S/C13H28N2O/c1-4-15(11-13(2,3)10-14)9-12-7-5-6-8-16-12/h12H,4-11,14H2,1-3H3. The van der Waals surface area contributed by atoms with E-state index in [1.807, 2.05) is 0 Å². The predicted octanol–water partition coefficient (Wildman–Crippen LogP) is 1.86. The molecule has 1 saturated heterocycles. The van der Waals surface area contributed by atoms with Crippen LogP contribution in [0.2, 0.25) is 0 Å². The molecule has 0 aliphatic carbocycles. The number of rotatable bonds is 6. The molecule has 1 rings (SSSR count). The van der Waals surface area contributed by atoms with Gasteiger partial charge in [0.2, 0.25) is 0 Å². The first-order chi connectivity index (χ1) is 7.57. The molecule has 1 unspecified atom stereocenters. The lowest BCUT2D eigenvalue weighted by atomic mass is 9.93. The molecule has 1 fully saturated rings.